The van der Waals surface area contributed by atoms with E-state index in [0.29, 0.717) is 22.8 Å². The van der Waals surface area contributed by atoms with E-state index in [0.717, 1.165) is 15.6 Å². The smallest absolute Gasteiger partial charge is 0.279 e. The summed E-state index contributed by atoms with van der Waals surface area (Å²) in [6.07, 6.45) is 7.49. The fraction of sp³-hybridized carbons (Fsp3) is 0.103. The maximum atomic E-state index is 13.5. The summed E-state index contributed by atoms with van der Waals surface area (Å²) in [5.74, 6) is -0.999. The van der Waals surface area contributed by atoms with Crippen LogP contribution in [0.15, 0.2) is 116 Å². The molecule has 0 fully saturated rings. The number of halogens is 2. The lowest BCUT2D eigenvalue weighted by atomic mass is 9.79. The lowest BCUT2D eigenvalue weighted by Crippen LogP contribution is -2.27. The number of allylic oxidation sites excluding steroid dienone is 5. The van der Waals surface area contributed by atoms with Gasteiger partial charge in [-0.25, -0.2) is 14.4 Å². The first-order chi connectivity index (χ1) is 18.0. The van der Waals surface area contributed by atoms with Gasteiger partial charge in [-0.2, -0.15) is 5.10 Å². The van der Waals surface area contributed by atoms with Gasteiger partial charge in [-0.3, -0.25) is 9.59 Å². The maximum Gasteiger partial charge on any atom is 0.279 e. The molecule has 6 rings (SSSR count). The minimum absolute atomic E-state index is 0.260. The van der Waals surface area contributed by atoms with Crippen LogP contribution in [-0.4, -0.2) is 28.2 Å². The van der Waals surface area contributed by atoms with Crippen LogP contribution < -0.4 is 0 Å². The number of hydrogen-bond donors (Lipinski definition) is 0. The van der Waals surface area contributed by atoms with Crippen molar-refractivity contribution in [2.24, 2.45) is 16.0 Å². The van der Waals surface area contributed by atoms with Gasteiger partial charge in [0.1, 0.15) is 17.6 Å². The first-order valence-corrected chi connectivity index (χ1v) is 12.5. The topological polar surface area (TPSA) is 75.2 Å². The van der Waals surface area contributed by atoms with E-state index < -0.39 is 23.7 Å². The highest BCUT2D eigenvalue weighted by Gasteiger charge is 2.41. The standard InChI is InChI=1S/C29H19BrFN3O3/c30-19-10-13-22-21(15-19)26(17-5-2-1-3-6-17)27(28(35)32-22)23-16-24(25-7-4-14-37-25)34(33-23)29(36)18-8-11-20(31)12-9-18/h1-15,21,24H,16H2. The lowest BCUT2D eigenvalue weighted by Gasteiger charge is -2.27. The first kappa shape index (κ1) is 23.2. The van der Waals surface area contributed by atoms with Crippen molar-refractivity contribution in [1.82, 2.24) is 5.01 Å². The van der Waals surface area contributed by atoms with Crippen molar-refractivity contribution in [3.8, 4) is 0 Å². The third-order valence-electron chi connectivity index (χ3n) is 6.54. The van der Waals surface area contributed by atoms with E-state index in [4.69, 9.17) is 4.42 Å². The van der Waals surface area contributed by atoms with Crippen LogP contribution in [0.1, 0.15) is 34.1 Å². The van der Waals surface area contributed by atoms with Gasteiger partial charge in [0.2, 0.25) is 0 Å². The van der Waals surface area contributed by atoms with E-state index in [9.17, 15) is 14.0 Å². The fourth-order valence-electron chi connectivity index (χ4n) is 4.85. The van der Waals surface area contributed by atoms with Gasteiger partial charge in [-0.15, -0.1) is 0 Å². The van der Waals surface area contributed by atoms with E-state index in [2.05, 4.69) is 26.0 Å². The summed E-state index contributed by atoms with van der Waals surface area (Å²) in [5, 5.41) is 5.99. The minimum atomic E-state index is -0.571. The molecule has 0 N–H and O–H groups in total. The molecule has 2 atom stereocenters. The van der Waals surface area contributed by atoms with Gasteiger partial charge >= 0.3 is 0 Å². The third kappa shape index (κ3) is 4.23. The second kappa shape index (κ2) is 9.37. The summed E-state index contributed by atoms with van der Waals surface area (Å²) in [6.45, 7) is 0. The van der Waals surface area contributed by atoms with Crippen LogP contribution in [-0.2, 0) is 4.79 Å². The first-order valence-electron chi connectivity index (χ1n) is 11.7. The molecule has 1 aromatic heterocycles. The van der Waals surface area contributed by atoms with Crippen molar-refractivity contribution in [3.63, 3.8) is 0 Å². The van der Waals surface area contributed by atoms with E-state index in [1.807, 2.05) is 48.6 Å². The molecular weight excluding hydrogens is 537 g/mol. The second-order valence-corrected chi connectivity index (χ2v) is 9.71. The largest absolute Gasteiger partial charge is 0.467 e. The number of fused-ring (bicyclic) bond motifs is 1. The molecule has 0 radical (unpaired) electrons. The van der Waals surface area contributed by atoms with Crippen molar-refractivity contribution < 1.29 is 18.4 Å². The number of rotatable bonds is 4. The monoisotopic (exact) mass is 555 g/mol. The average molecular weight is 556 g/mol. The van der Waals surface area contributed by atoms with Gasteiger partial charge in [0.15, 0.2) is 0 Å². The predicted molar refractivity (Wildman–Crippen MR) is 142 cm³/mol. The van der Waals surface area contributed by atoms with Crippen LogP contribution in [0.25, 0.3) is 5.57 Å². The Hall–Kier alpha value is -4.17. The molecule has 2 unspecified atom stereocenters. The summed E-state index contributed by atoms with van der Waals surface area (Å²) in [5.41, 5.74) is 3.40. The quantitative estimate of drug-likeness (QED) is 0.381. The molecular formula is C29H19BrFN3O3. The molecule has 1 aliphatic carbocycles. The molecule has 3 aliphatic rings. The summed E-state index contributed by atoms with van der Waals surface area (Å²) in [7, 11) is 0. The van der Waals surface area contributed by atoms with Gasteiger partial charge in [-0.1, -0.05) is 52.3 Å². The lowest BCUT2D eigenvalue weighted by molar-refractivity contribution is -0.113. The number of amides is 2. The molecule has 2 aromatic carbocycles. The van der Waals surface area contributed by atoms with Gasteiger partial charge in [0.25, 0.3) is 11.8 Å². The van der Waals surface area contributed by atoms with Crippen LogP contribution >= 0.6 is 15.9 Å². The SMILES string of the molecule is O=C1N=C2C=CC(Br)=CC2C(c2ccccc2)=C1C1=NN(C(=O)c2ccc(F)cc2)C(c2ccco2)C1. The molecule has 0 bridgehead atoms. The number of nitrogens with zero attached hydrogens (tertiary/aromatic N) is 3. The Bertz CT molecular complexity index is 1550. The van der Waals surface area contributed by atoms with Crippen molar-refractivity contribution in [1.29, 1.82) is 0 Å². The van der Waals surface area contributed by atoms with Crippen molar-refractivity contribution in [3.05, 3.63) is 124 Å². The number of hydrogen-bond acceptors (Lipinski definition) is 4. The average Bonchev–Trinajstić information content (AvgIpc) is 3.59. The molecule has 0 spiro atoms. The van der Waals surface area contributed by atoms with E-state index in [1.165, 1.54) is 35.5 Å². The summed E-state index contributed by atoms with van der Waals surface area (Å²) >= 11 is 3.55. The van der Waals surface area contributed by atoms with Gasteiger partial charge in [0, 0.05) is 22.4 Å². The minimum Gasteiger partial charge on any atom is -0.467 e. The third-order valence-corrected chi connectivity index (χ3v) is 7.07. The molecule has 182 valence electrons. The summed E-state index contributed by atoms with van der Waals surface area (Å²) in [6, 6.07) is 17.9. The second-order valence-electron chi connectivity index (χ2n) is 8.80. The van der Waals surface area contributed by atoms with Crippen molar-refractivity contribution in [2.75, 3.05) is 0 Å². The highest BCUT2D eigenvalue weighted by atomic mass is 79.9. The molecule has 37 heavy (non-hydrogen) atoms. The zero-order valence-corrected chi connectivity index (χ0v) is 20.9. The van der Waals surface area contributed by atoms with Crippen LogP contribution in [0.4, 0.5) is 4.39 Å². The molecule has 0 saturated heterocycles. The number of furan rings is 1. The zero-order valence-electron chi connectivity index (χ0n) is 19.3. The van der Waals surface area contributed by atoms with Crippen LogP contribution in [0, 0.1) is 11.7 Å². The van der Waals surface area contributed by atoms with Gasteiger partial charge < -0.3 is 4.42 Å². The van der Waals surface area contributed by atoms with Gasteiger partial charge in [-0.05, 0) is 59.7 Å². The number of carbonyl (C=O) groups excluding carboxylic acids is 2. The molecule has 3 heterocycles. The van der Waals surface area contributed by atoms with Crippen molar-refractivity contribution in [2.45, 2.75) is 12.5 Å². The molecule has 0 saturated carbocycles. The fourth-order valence-corrected chi connectivity index (χ4v) is 5.24. The summed E-state index contributed by atoms with van der Waals surface area (Å²) in [4.78, 5) is 31.4. The normalized spacial score (nSPS) is 21.0. The number of carbonyl (C=O) groups is 2. The maximum absolute atomic E-state index is 13.5. The van der Waals surface area contributed by atoms with Crippen LogP contribution in [0.3, 0.4) is 0 Å². The van der Waals surface area contributed by atoms with E-state index in [1.54, 1.807) is 12.1 Å². The molecule has 3 aromatic rings. The Morgan fingerprint density at radius 1 is 1.03 bits per heavy atom. The van der Waals surface area contributed by atoms with Gasteiger partial charge in [0.05, 0.1) is 23.3 Å². The Morgan fingerprint density at radius 2 is 1.81 bits per heavy atom. The highest BCUT2D eigenvalue weighted by Crippen LogP contribution is 2.41. The Balaban J connectivity index is 1.50. The Labute approximate surface area is 220 Å². The van der Waals surface area contributed by atoms with E-state index >= 15 is 0 Å². The number of hydrazone groups is 1. The highest BCUT2D eigenvalue weighted by molar-refractivity contribution is 9.11. The molecule has 6 nitrogen and oxygen atoms in total. The van der Waals surface area contributed by atoms with Crippen molar-refractivity contribution >= 4 is 44.7 Å². The molecule has 2 aliphatic heterocycles. The van der Waals surface area contributed by atoms with Crippen LogP contribution in [0.2, 0.25) is 0 Å². The van der Waals surface area contributed by atoms with E-state index in [-0.39, 0.29) is 17.9 Å². The predicted octanol–water partition coefficient (Wildman–Crippen LogP) is 6.26. The molecule has 2 amide bonds. The summed E-state index contributed by atoms with van der Waals surface area (Å²) < 4.78 is 20.0. The Morgan fingerprint density at radius 3 is 2.54 bits per heavy atom. The van der Waals surface area contributed by atoms with Crippen LogP contribution in [0.5, 0.6) is 0 Å². The number of benzene rings is 2. The zero-order chi connectivity index (χ0) is 25.5. The molecule has 8 heteroatoms. The number of aliphatic imine (C=N–C) groups is 1. The Kier molecular flexibility index (Phi) is 5.88. The number of dihydropyridines is 1.